The van der Waals surface area contributed by atoms with E-state index in [1.54, 1.807) is 6.92 Å². The summed E-state index contributed by atoms with van der Waals surface area (Å²) in [5, 5.41) is 11.0. The first kappa shape index (κ1) is 21.5. The molecule has 0 aliphatic heterocycles. The van der Waals surface area contributed by atoms with Gasteiger partial charge in [-0.2, -0.15) is 0 Å². The van der Waals surface area contributed by atoms with Crippen LogP contribution in [-0.2, 0) is 16.8 Å². The molecular formula is C25H35FN2O2. The highest BCUT2D eigenvalue weighted by Crippen LogP contribution is 2.46. The molecule has 1 aromatic heterocycles. The summed E-state index contributed by atoms with van der Waals surface area (Å²) in [7, 11) is 0. The number of hydrogen-bond donors (Lipinski definition) is 1. The van der Waals surface area contributed by atoms with Gasteiger partial charge in [-0.15, -0.1) is 0 Å². The molecule has 0 spiro atoms. The van der Waals surface area contributed by atoms with Crippen LogP contribution in [0.2, 0.25) is 0 Å². The van der Waals surface area contributed by atoms with Crippen molar-refractivity contribution < 1.29 is 14.3 Å². The lowest BCUT2D eigenvalue weighted by Gasteiger charge is -2.30. The predicted octanol–water partition coefficient (Wildman–Crippen LogP) is 5.85. The third kappa shape index (κ3) is 4.32. The summed E-state index contributed by atoms with van der Waals surface area (Å²) in [6.45, 7) is 8.05. The summed E-state index contributed by atoms with van der Waals surface area (Å²) in [5.41, 5.74) is 0.861. The molecule has 1 heterocycles. The number of carbonyl (C=O) groups excluding carboxylic acids is 1. The van der Waals surface area contributed by atoms with Crippen LogP contribution in [0, 0.1) is 17.2 Å². The van der Waals surface area contributed by atoms with Crippen molar-refractivity contribution in [3.05, 3.63) is 29.3 Å². The van der Waals surface area contributed by atoms with Crippen LogP contribution in [0.1, 0.15) is 96.5 Å². The molecule has 5 heteroatoms. The van der Waals surface area contributed by atoms with Gasteiger partial charge in [0.15, 0.2) is 5.82 Å². The monoisotopic (exact) mass is 414 g/mol. The zero-order valence-corrected chi connectivity index (χ0v) is 18.8. The molecular weight excluding hydrogens is 379 g/mol. The van der Waals surface area contributed by atoms with Gasteiger partial charge in [0, 0.05) is 25.3 Å². The number of halogens is 1. The van der Waals surface area contributed by atoms with Crippen molar-refractivity contribution in [2.24, 2.45) is 11.3 Å². The highest BCUT2D eigenvalue weighted by molar-refractivity contribution is 5.79. The number of rotatable bonds is 8. The van der Waals surface area contributed by atoms with E-state index in [2.05, 4.69) is 30.3 Å². The van der Waals surface area contributed by atoms with E-state index in [9.17, 15) is 9.90 Å². The molecule has 164 valence electrons. The van der Waals surface area contributed by atoms with Gasteiger partial charge in [0.1, 0.15) is 17.1 Å². The summed E-state index contributed by atoms with van der Waals surface area (Å²) >= 11 is 0. The zero-order chi connectivity index (χ0) is 21.7. The summed E-state index contributed by atoms with van der Waals surface area (Å²) < 4.78 is 17.2. The number of aromatic nitrogens is 2. The lowest BCUT2D eigenvalue weighted by atomic mass is 9.88. The van der Waals surface area contributed by atoms with E-state index in [1.807, 2.05) is 6.07 Å². The topological polar surface area (TPSA) is 55.1 Å². The molecule has 2 fully saturated rings. The Kier molecular flexibility index (Phi) is 5.54. The van der Waals surface area contributed by atoms with Gasteiger partial charge in [-0.3, -0.25) is 4.79 Å². The number of fused-ring (bicyclic) bond motifs is 1. The average Bonchev–Trinajstić information content (AvgIpc) is 3.37. The summed E-state index contributed by atoms with van der Waals surface area (Å²) in [5.74, 6) is 1.01. The van der Waals surface area contributed by atoms with Crippen LogP contribution in [0.4, 0.5) is 4.39 Å². The highest BCUT2D eigenvalue weighted by atomic mass is 19.1. The standard InChI is InChI=1S/C25H35FN2O2/c1-24(2,3)15-19(29)9-6-10-22-27-23-20(26)13-17(25(4,30)16-11-12-16)14-21(23)28(22)18-7-5-8-18/h13-14,16,18,30H,5-12,15H2,1-4H3. The lowest BCUT2D eigenvalue weighted by molar-refractivity contribution is -0.120. The Bertz CT molecular complexity index is 946. The molecule has 1 aromatic carbocycles. The molecule has 2 aromatic rings. The number of nitrogens with zero attached hydrogens (tertiary/aromatic N) is 2. The van der Waals surface area contributed by atoms with Crippen molar-refractivity contribution in [3.63, 3.8) is 0 Å². The maximum Gasteiger partial charge on any atom is 0.151 e. The van der Waals surface area contributed by atoms with Crippen LogP contribution >= 0.6 is 0 Å². The Morgan fingerprint density at radius 1 is 1.20 bits per heavy atom. The highest BCUT2D eigenvalue weighted by Gasteiger charge is 2.42. The second-order valence-corrected chi connectivity index (χ2v) is 10.9. The fourth-order valence-corrected chi connectivity index (χ4v) is 4.73. The van der Waals surface area contributed by atoms with Gasteiger partial charge in [0.2, 0.25) is 0 Å². The van der Waals surface area contributed by atoms with Gasteiger partial charge in [-0.1, -0.05) is 20.8 Å². The first-order chi connectivity index (χ1) is 14.1. The van der Waals surface area contributed by atoms with Crippen molar-refractivity contribution in [1.82, 2.24) is 9.55 Å². The van der Waals surface area contributed by atoms with E-state index >= 15 is 4.39 Å². The molecule has 1 unspecified atom stereocenters. The lowest BCUT2D eigenvalue weighted by Crippen LogP contribution is -2.24. The number of imidazole rings is 1. The first-order valence-corrected chi connectivity index (χ1v) is 11.5. The SMILES string of the molecule is CC(C)(C)CC(=O)CCCc1nc2c(F)cc(C(C)(O)C3CC3)cc2n1C1CCC1. The average molecular weight is 415 g/mol. The zero-order valence-electron chi connectivity index (χ0n) is 18.8. The number of aryl methyl sites for hydroxylation is 1. The van der Waals surface area contributed by atoms with Crippen molar-refractivity contribution >= 4 is 16.8 Å². The number of ketones is 1. The van der Waals surface area contributed by atoms with Crippen LogP contribution in [0.15, 0.2) is 12.1 Å². The van der Waals surface area contributed by atoms with E-state index < -0.39 is 5.60 Å². The van der Waals surface area contributed by atoms with Crippen molar-refractivity contribution in [3.8, 4) is 0 Å². The van der Waals surface area contributed by atoms with Crippen LogP contribution in [0.5, 0.6) is 0 Å². The molecule has 30 heavy (non-hydrogen) atoms. The molecule has 4 rings (SSSR count). The van der Waals surface area contributed by atoms with Gasteiger partial charge < -0.3 is 9.67 Å². The quantitative estimate of drug-likeness (QED) is 0.590. The molecule has 0 saturated heterocycles. The van der Waals surface area contributed by atoms with E-state index in [0.29, 0.717) is 36.4 Å². The fraction of sp³-hybridized carbons (Fsp3) is 0.680. The number of carbonyl (C=O) groups is 1. The first-order valence-electron chi connectivity index (χ1n) is 11.5. The van der Waals surface area contributed by atoms with Crippen LogP contribution in [0.3, 0.4) is 0 Å². The Hall–Kier alpha value is -1.75. The minimum Gasteiger partial charge on any atom is -0.385 e. The van der Waals surface area contributed by atoms with Crippen molar-refractivity contribution in [2.45, 2.75) is 97.1 Å². The molecule has 0 radical (unpaired) electrons. The Morgan fingerprint density at radius 3 is 2.47 bits per heavy atom. The smallest absolute Gasteiger partial charge is 0.151 e. The van der Waals surface area contributed by atoms with Gasteiger partial charge in [-0.05, 0) is 74.5 Å². The summed E-state index contributed by atoms with van der Waals surface area (Å²) in [4.78, 5) is 16.9. The Balaban J connectivity index is 1.61. The summed E-state index contributed by atoms with van der Waals surface area (Å²) in [6, 6.07) is 3.77. The van der Waals surface area contributed by atoms with Crippen LogP contribution < -0.4 is 0 Å². The molecule has 2 aliphatic carbocycles. The normalized spacial score (nSPS) is 19.7. The maximum atomic E-state index is 15.0. The number of hydrogen-bond acceptors (Lipinski definition) is 3. The maximum absolute atomic E-state index is 15.0. The number of benzene rings is 1. The van der Waals surface area contributed by atoms with Crippen LogP contribution in [-0.4, -0.2) is 20.4 Å². The molecule has 1 N–H and O–H groups in total. The second-order valence-electron chi connectivity index (χ2n) is 10.9. The fourth-order valence-electron chi connectivity index (χ4n) is 4.73. The molecule has 4 nitrogen and oxygen atoms in total. The van der Waals surface area contributed by atoms with E-state index in [0.717, 1.165) is 43.4 Å². The predicted molar refractivity (Wildman–Crippen MR) is 117 cm³/mol. The van der Waals surface area contributed by atoms with Crippen LogP contribution in [0.25, 0.3) is 11.0 Å². The third-order valence-electron chi connectivity index (χ3n) is 6.80. The molecule has 0 amide bonds. The largest absolute Gasteiger partial charge is 0.385 e. The minimum absolute atomic E-state index is 0.00813. The van der Waals surface area contributed by atoms with E-state index in [4.69, 9.17) is 0 Å². The second kappa shape index (κ2) is 7.74. The van der Waals surface area contributed by atoms with Crippen molar-refractivity contribution in [2.75, 3.05) is 0 Å². The molecule has 2 saturated carbocycles. The van der Waals surface area contributed by atoms with Gasteiger partial charge in [-0.25, -0.2) is 9.37 Å². The number of aliphatic hydroxyl groups is 1. The van der Waals surface area contributed by atoms with Crippen molar-refractivity contribution in [1.29, 1.82) is 0 Å². The molecule has 1 atom stereocenters. The minimum atomic E-state index is -0.997. The Morgan fingerprint density at radius 2 is 1.90 bits per heavy atom. The van der Waals surface area contributed by atoms with E-state index in [-0.39, 0.29) is 22.9 Å². The van der Waals surface area contributed by atoms with Gasteiger partial charge in [0.25, 0.3) is 0 Å². The number of Topliss-reactive ketones (excluding diaryl/α,β-unsaturated/α-hetero) is 1. The Labute approximate surface area is 178 Å². The summed E-state index contributed by atoms with van der Waals surface area (Å²) in [6.07, 6.45) is 7.84. The molecule has 2 aliphatic rings. The third-order valence-corrected chi connectivity index (χ3v) is 6.80. The van der Waals surface area contributed by atoms with Gasteiger partial charge in [0.05, 0.1) is 11.1 Å². The van der Waals surface area contributed by atoms with Gasteiger partial charge >= 0.3 is 0 Å². The van der Waals surface area contributed by atoms with E-state index in [1.165, 1.54) is 12.5 Å². The molecule has 0 bridgehead atoms.